The number of carbonyl (C=O) groups excluding carboxylic acids is 1. The van der Waals surface area contributed by atoms with Crippen molar-refractivity contribution < 1.29 is 4.79 Å². The predicted octanol–water partition coefficient (Wildman–Crippen LogP) is 4.57. The van der Waals surface area contributed by atoms with Crippen molar-refractivity contribution in [1.29, 1.82) is 0 Å². The van der Waals surface area contributed by atoms with E-state index in [1.165, 1.54) is 11.6 Å². The highest BCUT2D eigenvalue weighted by Crippen LogP contribution is 2.12. The summed E-state index contributed by atoms with van der Waals surface area (Å²) in [5.74, 6) is -0.0207. The van der Waals surface area contributed by atoms with Gasteiger partial charge in [-0.05, 0) is 48.9 Å². The van der Waals surface area contributed by atoms with Crippen LogP contribution < -0.4 is 5.32 Å². The lowest BCUT2D eigenvalue weighted by atomic mass is 10.1. The van der Waals surface area contributed by atoms with Crippen molar-refractivity contribution in [2.24, 2.45) is 0 Å². The highest BCUT2D eigenvalue weighted by atomic mass is 79.9. The average Bonchev–Trinajstić information content (AvgIpc) is 2.39. The fraction of sp³-hybridized carbons (Fsp3) is 0.0625. The maximum atomic E-state index is 11.9. The second-order valence-electron chi connectivity index (χ2n) is 4.22. The number of ketones is 1. The molecule has 2 aromatic carbocycles. The molecule has 2 rings (SSSR count). The van der Waals surface area contributed by atoms with Crippen LogP contribution in [0.5, 0.6) is 0 Å². The number of halogens is 1. The Kier molecular flexibility index (Phi) is 4.53. The summed E-state index contributed by atoms with van der Waals surface area (Å²) in [4.78, 5) is 11.9. The molecule has 0 amide bonds. The molecule has 1 N–H and O–H groups in total. The van der Waals surface area contributed by atoms with Gasteiger partial charge in [-0.15, -0.1) is 0 Å². The molecule has 0 spiro atoms. The van der Waals surface area contributed by atoms with Gasteiger partial charge in [-0.25, -0.2) is 0 Å². The van der Waals surface area contributed by atoms with E-state index in [0.29, 0.717) is 5.56 Å². The summed E-state index contributed by atoms with van der Waals surface area (Å²) in [6, 6.07) is 15.3. The molecule has 0 saturated heterocycles. The molecular weight excluding hydrogens is 302 g/mol. The Balaban J connectivity index is 1.99. The topological polar surface area (TPSA) is 29.1 Å². The standard InChI is InChI=1S/C16H14BrNO/c1-12-3-2-4-15(11-12)18-10-9-16(19)13-5-7-14(17)8-6-13/h2-11,18H,1H3/b10-9+. The van der Waals surface area contributed by atoms with Gasteiger partial charge in [-0.2, -0.15) is 0 Å². The van der Waals surface area contributed by atoms with Crippen molar-refractivity contribution in [3.8, 4) is 0 Å². The van der Waals surface area contributed by atoms with Gasteiger partial charge in [0.2, 0.25) is 0 Å². The fourth-order valence-electron chi connectivity index (χ4n) is 1.66. The molecule has 2 aromatic rings. The third-order valence-corrected chi connectivity index (χ3v) is 3.16. The Hall–Kier alpha value is -1.87. The SMILES string of the molecule is Cc1cccc(N/C=C/C(=O)c2ccc(Br)cc2)c1. The van der Waals surface area contributed by atoms with E-state index in [2.05, 4.69) is 21.2 Å². The molecule has 0 saturated carbocycles. The van der Waals surface area contributed by atoms with Gasteiger partial charge < -0.3 is 5.32 Å². The zero-order chi connectivity index (χ0) is 13.7. The van der Waals surface area contributed by atoms with Crippen molar-refractivity contribution in [1.82, 2.24) is 0 Å². The first-order valence-electron chi connectivity index (χ1n) is 5.95. The normalized spacial score (nSPS) is 10.6. The van der Waals surface area contributed by atoms with E-state index in [4.69, 9.17) is 0 Å². The van der Waals surface area contributed by atoms with Crippen LogP contribution in [0.25, 0.3) is 0 Å². The number of nitrogens with one attached hydrogen (secondary N) is 1. The first-order valence-corrected chi connectivity index (χ1v) is 6.74. The zero-order valence-electron chi connectivity index (χ0n) is 10.6. The number of rotatable bonds is 4. The van der Waals surface area contributed by atoms with Crippen LogP contribution in [0.3, 0.4) is 0 Å². The lowest BCUT2D eigenvalue weighted by Crippen LogP contribution is -1.96. The van der Waals surface area contributed by atoms with Crippen LogP contribution in [0.2, 0.25) is 0 Å². The van der Waals surface area contributed by atoms with Crippen LogP contribution in [0, 0.1) is 6.92 Å². The van der Waals surface area contributed by atoms with Crippen molar-refractivity contribution in [2.45, 2.75) is 6.92 Å². The summed E-state index contributed by atoms with van der Waals surface area (Å²) in [7, 11) is 0. The van der Waals surface area contributed by atoms with Gasteiger partial charge in [0, 0.05) is 28.0 Å². The monoisotopic (exact) mass is 315 g/mol. The molecule has 19 heavy (non-hydrogen) atoms. The number of aryl methyl sites for hydroxylation is 1. The number of anilines is 1. The Labute approximate surface area is 121 Å². The van der Waals surface area contributed by atoms with Crippen LogP contribution >= 0.6 is 15.9 Å². The minimum atomic E-state index is -0.0207. The summed E-state index contributed by atoms with van der Waals surface area (Å²) in [6.07, 6.45) is 3.20. The quantitative estimate of drug-likeness (QED) is 0.661. The highest BCUT2D eigenvalue weighted by molar-refractivity contribution is 9.10. The van der Waals surface area contributed by atoms with Gasteiger partial charge in [-0.1, -0.05) is 28.1 Å². The van der Waals surface area contributed by atoms with Gasteiger partial charge in [0.05, 0.1) is 0 Å². The maximum absolute atomic E-state index is 11.9. The molecule has 0 aliphatic heterocycles. The Bertz CT molecular complexity index is 602. The second-order valence-corrected chi connectivity index (χ2v) is 5.13. The molecule has 0 radical (unpaired) electrons. The molecule has 0 atom stereocenters. The van der Waals surface area contributed by atoms with E-state index < -0.39 is 0 Å². The summed E-state index contributed by atoms with van der Waals surface area (Å²) in [5, 5.41) is 3.09. The summed E-state index contributed by atoms with van der Waals surface area (Å²) in [6.45, 7) is 2.03. The predicted molar refractivity (Wildman–Crippen MR) is 82.4 cm³/mol. The van der Waals surface area contributed by atoms with Crippen LogP contribution in [0.1, 0.15) is 15.9 Å². The lowest BCUT2D eigenvalue weighted by Gasteiger charge is -2.01. The number of carbonyl (C=O) groups is 1. The summed E-state index contributed by atoms with van der Waals surface area (Å²) in [5.41, 5.74) is 2.82. The highest BCUT2D eigenvalue weighted by Gasteiger charge is 2.00. The lowest BCUT2D eigenvalue weighted by molar-refractivity contribution is 0.104. The van der Waals surface area contributed by atoms with Gasteiger partial charge in [0.15, 0.2) is 5.78 Å². The molecule has 96 valence electrons. The van der Waals surface area contributed by atoms with E-state index in [1.807, 2.05) is 43.3 Å². The molecule has 0 heterocycles. The van der Waals surface area contributed by atoms with Gasteiger partial charge in [0.25, 0.3) is 0 Å². The molecule has 0 aromatic heterocycles. The van der Waals surface area contributed by atoms with E-state index in [1.54, 1.807) is 18.3 Å². The first kappa shape index (κ1) is 13.6. The van der Waals surface area contributed by atoms with Crippen LogP contribution in [0.15, 0.2) is 65.3 Å². The van der Waals surface area contributed by atoms with Crippen molar-refractivity contribution in [2.75, 3.05) is 5.32 Å². The third kappa shape index (κ3) is 4.07. The number of hydrogen-bond acceptors (Lipinski definition) is 2. The third-order valence-electron chi connectivity index (χ3n) is 2.63. The van der Waals surface area contributed by atoms with Crippen molar-refractivity contribution in [3.05, 3.63) is 76.4 Å². The maximum Gasteiger partial charge on any atom is 0.187 e. The summed E-state index contributed by atoms with van der Waals surface area (Å²) < 4.78 is 0.964. The van der Waals surface area contributed by atoms with E-state index in [0.717, 1.165) is 10.2 Å². The summed E-state index contributed by atoms with van der Waals surface area (Å²) >= 11 is 3.34. The van der Waals surface area contributed by atoms with Crippen molar-refractivity contribution >= 4 is 27.4 Å². The largest absolute Gasteiger partial charge is 0.362 e. The van der Waals surface area contributed by atoms with E-state index in [9.17, 15) is 4.79 Å². The molecule has 0 aliphatic carbocycles. The Morgan fingerprint density at radius 1 is 1.16 bits per heavy atom. The van der Waals surface area contributed by atoms with E-state index in [-0.39, 0.29) is 5.78 Å². The molecule has 0 fully saturated rings. The molecule has 0 bridgehead atoms. The smallest absolute Gasteiger partial charge is 0.187 e. The molecular formula is C16H14BrNO. The zero-order valence-corrected chi connectivity index (χ0v) is 12.1. The number of allylic oxidation sites excluding steroid dienone is 1. The fourth-order valence-corrected chi connectivity index (χ4v) is 1.92. The first-order chi connectivity index (χ1) is 9.15. The van der Waals surface area contributed by atoms with Crippen LogP contribution in [-0.2, 0) is 0 Å². The van der Waals surface area contributed by atoms with E-state index >= 15 is 0 Å². The minimum absolute atomic E-state index is 0.0207. The molecule has 0 aliphatic rings. The second kappa shape index (κ2) is 6.34. The van der Waals surface area contributed by atoms with Gasteiger partial charge >= 0.3 is 0 Å². The van der Waals surface area contributed by atoms with Gasteiger partial charge in [0.1, 0.15) is 0 Å². The van der Waals surface area contributed by atoms with Crippen LogP contribution in [0.4, 0.5) is 5.69 Å². The molecule has 2 nitrogen and oxygen atoms in total. The molecule has 0 unspecified atom stereocenters. The van der Waals surface area contributed by atoms with Crippen LogP contribution in [-0.4, -0.2) is 5.78 Å². The van der Waals surface area contributed by atoms with Crippen molar-refractivity contribution in [3.63, 3.8) is 0 Å². The Morgan fingerprint density at radius 3 is 2.58 bits per heavy atom. The minimum Gasteiger partial charge on any atom is -0.362 e. The average molecular weight is 316 g/mol. The Morgan fingerprint density at radius 2 is 1.89 bits per heavy atom. The number of benzene rings is 2. The van der Waals surface area contributed by atoms with Gasteiger partial charge in [-0.3, -0.25) is 4.79 Å². The molecule has 3 heteroatoms. The number of hydrogen-bond donors (Lipinski definition) is 1.